The van der Waals surface area contributed by atoms with Gasteiger partial charge in [0, 0.05) is 24.3 Å². The average Bonchev–Trinajstić information content (AvgIpc) is 3.45. The molecule has 2 saturated heterocycles. The van der Waals surface area contributed by atoms with Crippen molar-refractivity contribution in [3.8, 4) is 0 Å². The number of thiophene rings is 1. The highest BCUT2D eigenvalue weighted by atomic mass is 32.1. The number of carbonyl (C=O) groups is 4. The molecule has 9 heteroatoms. The lowest BCUT2D eigenvalue weighted by Gasteiger charge is -2.27. The van der Waals surface area contributed by atoms with Crippen molar-refractivity contribution >= 4 is 40.7 Å². The number of nitrogens with one attached hydrogen (secondary N) is 1. The summed E-state index contributed by atoms with van der Waals surface area (Å²) in [6.07, 6.45) is 2.14. The Morgan fingerprint density at radius 2 is 1.93 bits per heavy atom. The summed E-state index contributed by atoms with van der Waals surface area (Å²) in [5.74, 6) is -1.28. The molecule has 1 atom stereocenters. The van der Waals surface area contributed by atoms with E-state index in [1.807, 2.05) is 17.5 Å². The van der Waals surface area contributed by atoms with Gasteiger partial charge in [0.15, 0.2) is 6.61 Å². The number of esters is 1. The number of hydrazine groups is 1. The molecule has 2 aliphatic rings. The van der Waals surface area contributed by atoms with Crippen LogP contribution in [-0.2, 0) is 19.1 Å². The Hall–Kier alpha value is -3.20. The summed E-state index contributed by atoms with van der Waals surface area (Å²) in [4.78, 5) is 51.3. The minimum absolute atomic E-state index is 0.0489. The van der Waals surface area contributed by atoms with Crippen LogP contribution in [0.4, 0.5) is 5.69 Å². The van der Waals surface area contributed by atoms with Gasteiger partial charge in [0.25, 0.3) is 5.91 Å². The van der Waals surface area contributed by atoms with Crippen LogP contribution in [0.25, 0.3) is 0 Å². The topological polar surface area (TPSA) is 96.0 Å². The number of hydrogen-bond acceptors (Lipinski definition) is 6. The third-order valence-electron chi connectivity index (χ3n) is 5.18. The van der Waals surface area contributed by atoms with Crippen LogP contribution in [0.2, 0.25) is 0 Å². The van der Waals surface area contributed by atoms with Crippen LogP contribution < -0.4 is 10.4 Å². The zero-order chi connectivity index (χ0) is 21.1. The summed E-state index contributed by atoms with van der Waals surface area (Å²) in [5.41, 5.74) is 3.22. The number of carbonyl (C=O) groups excluding carboxylic acids is 4. The van der Waals surface area contributed by atoms with Gasteiger partial charge in [-0.15, -0.1) is 11.3 Å². The van der Waals surface area contributed by atoms with Crippen LogP contribution in [0, 0.1) is 0 Å². The largest absolute Gasteiger partial charge is 0.452 e. The average molecular weight is 427 g/mol. The Morgan fingerprint density at radius 1 is 1.13 bits per heavy atom. The molecule has 1 aromatic carbocycles. The molecular formula is C21H21N3O5S. The van der Waals surface area contributed by atoms with Gasteiger partial charge < -0.3 is 9.64 Å². The predicted molar refractivity (Wildman–Crippen MR) is 110 cm³/mol. The molecule has 4 rings (SSSR count). The van der Waals surface area contributed by atoms with Gasteiger partial charge in [-0.05, 0) is 48.6 Å². The minimum Gasteiger partial charge on any atom is -0.452 e. The highest BCUT2D eigenvalue weighted by Gasteiger charge is 2.31. The van der Waals surface area contributed by atoms with Gasteiger partial charge in [-0.25, -0.2) is 9.80 Å². The summed E-state index contributed by atoms with van der Waals surface area (Å²) in [6.45, 7) is 0.340. The van der Waals surface area contributed by atoms with Gasteiger partial charge in [-0.2, -0.15) is 0 Å². The van der Waals surface area contributed by atoms with Gasteiger partial charge >= 0.3 is 5.97 Å². The molecule has 8 nitrogen and oxygen atoms in total. The van der Waals surface area contributed by atoms with Gasteiger partial charge in [0.1, 0.15) is 0 Å². The fraction of sp³-hybridized carbons (Fsp3) is 0.333. The molecule has 0 radical (unpaired) electrons. The van der Waals surface area contributed by atoms with Gasteiger partial charge in [0.05, 0.1) is 17.3 Å². The summed E-state index contributed by atoms with van der Waals surface area (Å²) in [6, 6.07) is 10.1. The summed E-state index contributed by atoms with van der Waals surface area (Å²) < 4.78 is 5.21. The monoisotopic (exact) mass is 427 g/mol. The number of likely N-dealkylation sites (tertiary alicyclic amines) is 1. The minimum atomic E-state index is -0.615. The maximum Gasteiger partial charge on any atom is 0.338 e. The zero-order valence-corrected chi connectivity index (χ0v) is 17.0. The predicted octanol–water partition coefficient (Wildman–Crippen LogP) is 2.43. The summed E-state index contributed by atoms with van der Waals surface area (Å²) in [5, 5.41) is 3.16. The summed E-state index contributed by atoms with van der Waals surface area (Å²) >= 11 is 1.62. The Labute approximate surface area is 177 Å². The van der Waals surface area contributed by atoms with Crippen LogP contribution in [0.1, 0.15) is 47.0 Å². The van der Waals surface area contributed by atoms with E-state index in [4.69, 9.17) is 4.74 Å². The first-order valence-electron chi connectivity index (χ1n) is 9.75. The molecule has 156 valence electrons. The van der Waals surface area contributed by atoms with Crippen molar-refractivity contribution in [1.29, 1.82) is 0 Å². The standard InChI is InChI=1S/C21H21N3O5S/c25-18-9-10-19(26)24(22-18)15-7-5-14(6-8-15)21(28)29-13-20(27)23-11-1-3-16(23)17-4-2-12-30-17/h2,4-8,12,16H,1,3,9-11,13H2,(H,22,25)/t16-/m1/s1. The van der Waals surface area contributed by atoms with Crippen molar-refractivity contribution in [3.05, 3.63) is 52.2 Å². The lowest BCUT2D eigenvalue weighted by Crippen LogP contribution is -2.50. The van der Waals surface area contributed by atoms with Crippen molar-refractivity contribution in [2.75, 3.05) is 18.2 Å². The van der Waals surface area contributed by atoms with Gasteiger partial charge in [-0.1, -0.05) is 6.07 Å². The smallest absolute Gasteiger partial charge is 0.338 e. The molecule has 3 heterocycles. The van der Waals surface area contributed by atoms with Crippen LogP contribution in [0.5, 0.6) is 0 Å². The van der Waals surface area contributed by atoms with Gasteiger partial charge in [0.2, 0.25) is 11.8 Å². The molecule has 2 fully saturated rings. The van der Waals surface area contributed by atoms with E-state index < -0.39 is 5.97 Å². The van der Waals surface area contributed by atoms with Crippen molar-refractivity contribution in [2.45, 2.75) is 31.7 Å². The Morgan fingerprint density at radius 3 is 2.67 bits per heavy atom. The number of rotatable bonds is 5. The Kier molecular flexibility index (Phi) is 5.80. The molecule has 0 aliphatic carbocycles. The number of benzene rings is 1. The number of nitrogens with zero attached hydrogens (tertiary/aromatic N) is 2. The summed E-state index contributed by atoms with van der Waals surface area (Å²) in [7, 11) is 0. The molecule has 0 bridgehead atoms. The van der Waals surface area contributed by atoms with Crippen molar-refractivity contribution in [3.63, 3.8) is 0 Å². The number of ether oxygens (including phenoxy) is 1. The molecule has 1 aromatic heterocycles. The molecule has 0 spiro atoms. The van der Waals surface area contributed by atoms with Crippen molar-refractivity contribution < 1.29 is 23.9 Å². The second-order valence-electron chi connectivity index (χ2n) is 7.15. The normalized spacial score (nSPS) is 19.0. The van der Waals surface area contributed by atoms with Crippen LogP contribution >= 0.6 is 11.3 Å². The van der Waals surface area contributed by atoms with E-state index in [9.17, 15) is 19.2 Å². The first kappa shape index (κ1) is 20.1. The highest BCUT2D eigenvalue weighted by Crippen LogP contribution is 2.34. The number of anilines is 1. The molecule has 3 amide bonds. The Balaban J connectivity index is 1.34. The maximum absolute atomic E-state index is 12.6. The second kappa shape index (κ2) is 8.66. The molecule has 0 unspecified atom stereocenters. The Bertz CT molecular complexity index is 958. The van der Waals surface area contributed by atoms with Crippen molar-refractivity contribution in [2.24, 2.45) is 0 Å². The SMILES string of the molecule is O=C1CCC(=O)N(c2ccc(C(=O)OCC(=O)N3CCC[C@@H]3c3cccs3)cc2)N1. The first-order valence-corrected chi connectivity index (χ1v) is 10.6. The fourth-order valence-corrected chi connectivity index (χ4v) is 4.54. The lowest BCUT2D eigenvalue weighted by molar-refractivity contribution is -0.135. The molecular weight excluding hydrogens is 406 g/mol. The molecule has 1 N–H and O–H groups in total. The van der Waals surface area contributed by atoms with E-state index in [-0.39, 0.29) is 48.8 Å². The third-order valence-corrected chi connectivity index (χ3v) is 6.16. The van der Waals surface area contributed by atoms with E-state index in [1.54, 1.807) is 28.4 Å². The molecule has 2 aromatic rings. The van der Waals surface area contributed by atoms with Gasteiger partial charge in [-0.3, -0.25) is 19.8 Å². The van der Waals surface area contributed by atoms with E-state index in [1.165, 1.54) is 17.1 Å². The third kappa shape index (κ3) is 4.20. The highest BCUT2D eigenvalue weighted by molar-refractivity contribution is 7.10. The second-order valence-corrected chi connectivity index (χ2v) is 8.13. The van der Waals surface area contributed by atoms with E-state index >= 15 is 0 Å². The van der Waals surface area contributed by atoms with E-state index in [0.29, 0.717) is 12.2 Å². The van der Waals surface area contributed by atoms with Crippen LogP contribution in [-0.4, -0.2) is 41.7 Å². The fourth-order valence-electron chi connectivity index (χ4n) is 3.67. The molecule has 2 aliphatic heterocycles. The number of amides is 3. The quantitative estimate of drug-likeness (QED) is 0.740. The van der Waals surface area contributed by atoms with Crippen molar-refractivity contribution in [1.82, 2.24) is 10.3 Å². The number of hydrogen-bond donors (Lipinski definition) is 1. The lowest BCUT2D eigenvalue weighted by atomic mass is 10.1. The molecule has 30 heavy (non-hydrogen) atoms. The maximum atomic E-state index is 12.6. The van der Waals surface area contributed by atoms with E-state index in [0.717, 1.165) is 17.7 Å². The van der Waals surface area contributed by atoms with Crippen LogP contribution in [0.15, 0.2) is 41.8 Å². The van der Waals surface area contributed by atoms with E-state index in [2.05, 4.69) is 5.43 Å². The van der Waals surface area contributed by atoms with Crippen LogP contribution in [0.3, 0.4) is 0 Å². The first-order chi connectivity index (χ1) is 14.5. The zero-order valence-electron chi connectivity index (χ0n) is 16.2. The molecule has 0 saturated carbocycles.